The summed E-state index contributed by atoms with van der Waals surface area (Å²) in [5.74, 6) is -3.55. The van der Waals surface area contributed by atoms with Crippen molar-refractivity contribution in [3.8, 4) is 0 Å². The van der Waals surface area contributed by atoms with Crippen LogP contribution in [0.5, 0.6) is 0 Å². The number of carbonyl (C=O) groups is 1. The third-order valence-corrected chi connectivity index (χ3v) is 4.73. The number of hydrogen-bond acceptors (Lipinski definition) is 6. The fraction of sp³-hybridized carbons (Fsp3) is 0.167. The van der Waals surface area contributed by atoms with Crippen LogP contribution in [0.25, 0.3) is 0 Å². The highest BCUT2D eigenvalue weighted by molar-refractivity contribution is 7.86. The van der Waals surface area contributed by atoms with Crippen LogP contribution in [-0.2, 0) is 35.7 Å². The van der Waals surface area contributed by atoms with Gasteiger partial charge in [-0.05, 0) is 29.8 Å². The third-order valence-electron chi connectivity index (χ3n) is 3.60. The summed E-state index contributed by atoms with van der Waals surface area (Å²) in [7, 11) is -5.21. The highest BCUT2D eigenvalue weighted by atomic mass is 35.5. The number of nitrogens with two attached hydrogens (primary N) is 1. The molecule has 1 aliphatic rings. The molecule has 3 rings (SSSR count). The molecule has 0 unspecified atom stereocenters. The average Bonchev–Trinajstić information content (AvgIpc) is 2.91. The van der Waals surface area contributed by atoms with E-state index >= 15 is 0 Å². The van der Waals surface area contributed by atoms with Gasteiger partial charge in [0.2, 0.25) is 17.4 Å². The first-order chi connectivity index (χ1) is 14.6. The van der Waals surface area contributed by atoms with Crippen LogP contribution >= 0.6 is 11.6 Å². The summed E-state index contributed by atoms with van der Waals surface area (Å²) in [6, 6.07) is 7.45. The third kappa shape index (κ3) is 4.83. The van der Waals surface area contributed by atoms with Crippen LogP contribution in [0.15, 0.2) is 60.2 Å². The molecule has 11 heteroatoms. The van der Waals surface area contributed by atoms with Crippen LogP contribution in [0.3, 0.4) is 0 Å². The summed E-state index contributed by atoms with van der Waals surface area (Å²) < 4.78 is 97.0. The van der Waals surface area contributed by atoms with E-state index in [4.69, 9.17) is 26.2 Å². The number of ketones is 1. The van der Waals surface area contributed by atoms with Crippen molar-refractivity contribution < 1.29 is 39.4 Å². The minimum atomic E-state index is -5.21. The molecule has 0 bridgehead atoms. The maximum Gasteiger partial charge on any atom is 0.416 e. The number of ether oxygens (including phenoxy) is 1. The van der Waals surface area contributed by atoms with Gasteiger partial charge in [-0.3, -0.25) is 4.79 Å². The maximum absolute atomic E-state index is 12.7. The Morgan fingerprint density at radius 2 is 1.76 bits per heavy atom. The van der Waals surface area contributed by atoms with E-state index in [1.54, 1.807) is 0 Å². The smallest absolute Gasteiger partial charge is 0.416 e. The van der Waals surface area contributed by atoms with Gasteiger partial charge in [-0.2, -0.15) is 21.6 Å². The SMILES string of the molecule is [2H]C([2H])(c1ccc(Cl)cc1)S(=O)(=O)OC1=C(N)O[C@]([2H])(c2ccc(C(F)(F)F)cc2)C1=O. The predicted molar refractivity (Wildman–Crippen MR) is 96.7 cm³/mol. The molecule has 0 saturated heterocycles. The molecule has 0 aromatic heterocycles. The van der Waals surface area contributed by atoms with Gasteiger partial charge in [0.25, 0.3) is 0 Å². The van der Waals surface area contributed by atoms with E-state index in [1.165, 1.54) is 12.1 Å². The Bertz CT molecular complexity index is 1200. The van der Waals surface area contributed by atoms with Gasteiger partial charge in [0, 0.05) is 10.6 Å². The molecule has 6 nitrogen and oxygen atoms in total. The van der Waals surface area contributed by atoms with Crippen LogP contribution in [0.4, 0.5) is 13.2 Å². The second-order valence-corrected chi connectivity index (χ2v) is 7.39. The van der Waals surface area contributed by atoms with Crippen molar-refractivity contribution in [3.63, 3.8) is 0 Å². The lowest BCUT2D eigenvalue weighted by atomic mass is 10.0. The van der Waals surface area contributed by atoms with Gasteiger partial charge in [-0.1, -0.05) is 35.9 Å². The minimum absolute atomic E-state index is 0.213. The van der Waals surface area contributed by atoms with Crippen LogP contribution in [0.1, 0.15) is 26.9 Å². The molecule has 154 valence electrons. The molecule has 1 atom stereocenters. The van der Waals surface area contributed by atoms with E-state index in [1.807, 2.05) is 0 Å². The molecule has 1 aliphatic heterocycles. The van der Waals surface area contributed by atoms with E-state index in [9.17, 15) is 26.4 Å². The standard InChI is InChI=1S/C18H13ClF3NO5S/c19-13-7-1-10(2-8-13)9-29(25,26)28-16-14(24)15(27-17(16)23)11-3-5-12(6-4-11)18(20,21)22/h1-8,15H,9,23H2/t15-/m1/s1/i9D2,15D. The first-order valence-electron chi connectivity index (χ1n) is 9.21. The summed E-state index contributed by atoms with van der Waals surface area (Å²) >= 11 is 5.70. The summed E-state index contributed by atoms with van der Waals surface area (Å²) in [6.45, 7) is 0. The Labute approximate surface area is 173 Å². The summed E-state index contributed by atoms with van der Waals surface area (Å²) in [6.07, 6.45) is -7.40. The van der Waals surface area contributed by atoms with Crippen molar-refractivity contribution in [2.75, 3.05) is 0 Å². The van der Waals surface area contributed by atoms with E-state index in [0.29, 0.717) is 12.1 Å². The number of benzene rings is 2. The molecular weight excluding hydrogens is 435 g/mol. The molecule has 0 fully saturated rings. The number of rotatable bonds is 5. The predicted octanol–water partition coefficient (Wildman–Crippen LogP) is 3.67. The number of carbonyl (C=O) groups excluding carboxylic acids is 1. The Kier molecular flexibility index (Phi) is 4.50. The molecular formula is C18H13ClF3NO5S. The van der Waals surface area contributed by atoms with Crippen molar-refractivity contribution in [3.05, 3.63) is 81.9 Å². The molecule has 0 radical (unpaired) electrons. The van der Waals surface area contributed by atoms with Crippen LogP contribution in [0.2, 0.25) is 5.02 Å². The van der Waals surface area contributed by atoms with Crippen molar-refractivity contribution >= 4 is 27.5 Å². The lowest BCUT2D eigenvalue weighted by Crippen LogP contribution is -2.16. The monoisotopic (exact) mass is 450 g/mol. The second-order valence-electron chi connectivity index (χ2n) is 5.68. The van der Waals surface area contributed by atoms with Gasteiger partial charge in [-0.25, -0.2) is 0 Å². The van der Waals surface area contributed by atoms with Crippen molar-refractivity contribution in [2.45, 2.75) is 18.0 Å². The highest BCUT2D eigenvalue weighted by Crippen LogP contribution is 2.35. The van der Waals surface area contributed by atoms with Gasteiger partial charge in [0.05, 0.1) is 9.68 Å². The van der Waals surface area contributed by atoms with E-state index in [2.05, 4.69) is 4.18 Å². The number of Topliss-reactive ketones (excluding diaryl/α,β-unsaturated/α-hetero) is 1. The maximum atomic E-state index is 12.7. The number of halogens is 4. The quantitative estimate of drug-likeness (QED) is 0.698. The lowest BCUT2D eigenvalue weighted by molar-refractivity contribution is -0.137. The highest BCUT2D eigenvalue weighted by Gasteiger charge is 2.40. The number of alkyl halides is 3. The molecule has 0 amide bonds. The summed E-state index contributed by atoms with van der Waals surface area (Å²) in [5, 5.41) is 0.213. The zero-order valence-corrected chi connectivity index (χ0v) is 15.7. The molecule has 1 heterocycles. The van der Waals surface area contributed by atoms with E-state index < -0.39 is 51.1 Å². The first kappa shape index (κ1) is 17.2. The summed E-state index contributed by atoms with van der Waals surface area (Å²) in [5.41, 5.74) is 0.541. The topological polar surface area (TPSA) is 95.7 Å². The Hall–Kier alpha value is -2.72. The van der Waals surface area contributed by atoms with E-state index in [0.717, 1.165) is 24.3 Å². The normalized spacial score (nSPS) is 21.9. The van der Waals surface area contributed by atoms with Gasteiger partial charge in [0.1, 0.15) is 5.70 Å². The summed E-state index contributed by atoms with van der Waals surface area (Å²) in [4.78, 5) is 12.7. The van der Waals surface area contributed by atoms with Crippen molar-refractivity contribution in [1.82, 2.24) is 0 Å². The largest absolute Gasteiger partial charge is 0.460 e. The molecule has 2 aromatic rings. The molecule has 2 N–H and O–H groups in total. The zero-order valence-electron chi connectivity index (χ0n) is 17.2. The van der Waals surface area contributed by atoms with Gasteiger partial charge in [-0.15, -0.1) is 0 Å². The van der Waals surface area contributed by atoms with Crippen molar-refractivity contribution in [1.29, 1.82) is 0 Å². The van der Waals surface area contributed by atoms with Crippen LogP contribution < -0.4 is 5.73 Å². The fourth-order valence-electron chi connectivity index (χ4n) is 2.29. The Morgan fingerprint density at radius 3 is 2.31 bits per heavy atom. The fourth-order valence-corrected chi connectivity index (χ4v) is 3.26. The average molecular weight is 451 g/mol. The molecule has 29 heavy (non-hydrogen) atoms. The lowest BCUT2D eigenvalue weighted by Gasteiger charge is -2.12. The van der Waals surface area contributed by atoms with Gasteiger partial charge >= 0.3 is 16.3 Å². The molecule has 0 saturated carbocycles. The van der Waals surface area contributed by atoms with Gasteiger partial charge in [0.15, 0.2) is 6.08 Å². The van der Waals surface area contributed by atoms with Crippen molar-refractivity contribution in [2.24, 2.45) is 5.73 Å². The number of hydrogen-bond donors (Lipinski definition) is 1. The minimum Gasteiger partial charge on any atom is -0.460 e. The van der Waals surface area contributed by atoms with Gasteiger partial charge < -0.3 is 14.7 Å². The molecule has 0 spiro atoms. The zero-order chi connectivity index (χ0) is 24.1. The van der Waals surface area contributed by atoms with Crippen LogP contribution in [-0.4, -0.2) is 14.2 Å². The molecule has 0 aliphatic carbocycles. The van der Waals surface area contributed by atoms with E-state index in [-0.39, 0.29) is 16.1 Å². The molecule has 2 aromatic carbocycles. The Morgan fingerprint density at radius 1 is 1.17 bits per heavy atom. The Balaban J connectivity index is 1.90. The first-order valence-corrected chi connectivity index (χ1v) is 9.49. The van der Waals surface area contributed by atoms with Crippen LogP contribution in [0, 0.1) is 0 Å². The second kappa shape index (κ2) is 7.60.